The Morgan fingerprint density at radius 1 is 1.15 bits per heavy atom. The van der Waals surface area contributed by atoms with Crippen molar-refractivity contribution in [2.24, 2.45) is 17.3 Å². The molecule has 2 aliphatic heterocycles. The van der Waals surface area contributed by atoms with Gasteiger partial charge in [-0.15, -0.1) is 0 Å². The Balaban J connectivity index is 1.94. The van der Waals surface area contributed by atoms with Gasteiger partial charge < -0.3 is 19.6 Å². The van der Waals surface area contributed by atoms with Gasteiger partial charge in [-0.1, -0.05) is 65.3 Å². The van der Waals surface area contributed by atoms with Crippen molar-refractivity contribution < 1.29 is 24.2 Å². The molecule has 7 nitrogen and oxygen atoms in total. The largest absolute Gasteiger partial charge is 0.481 e. The van der Waals surface area contributed by atoms with Crippen LogP contribution in [-0.2, 0) is 26.2 Å². The number of ether oxygens (including phenoxy) is 1. The van der Waals surface area contributed by atoms with Gasteiger partial charge in [-0.3, -0.25) is 9.59 Å². The number of amides is 2. The molecule has 0 aliphatic carbocycles. The van der Waals surface area contributed by atoms with E-state index in [4.69, 9.17) is 16.3 Å². The van der Waals surface area contributed by atoms with Crippen molar-refractivity contribution in [3.8, 4) is 0 Å². The van der Waals surface area contributed by atoms with Crippen LogP contribution in [0.3, 0.4) is 0 Å². The molecule has 2 aliphatic rings. The number of carboxylic acid groups (broad SMARTS) is 1. The third-order valence-corrected chi connectivity index (χ3v) is 8.13. The number of benzene rings is 1. The van der Waals surface area contributed by atoms with Crippen molar-refractivity contribution in [2.75, 3.05) is 13.1 Å². The van der Waals surface area contributed by atoms with E-state index in [9.17, 15) is 19.5 Å². The number of likely N-dealkylation sites (tertiary alicyclic amines) is 1. The topological polar surface area (TPSA) is 87.2 Å². The minimum atomic E-state index is -1.04. The van der Waals surface area contributed by atoms with Crippen LogP contribution >= 0.6 is 11.6 Å². The smallest absolute Gasteiger partial charge is 0.410 e. The SMILES string of the molecule is CC(C)C1=CN(C2CN(C(=O)OC(C)(C)C)CC2C(=O)O)C(=O)C[C@@]1(C)c1ccc(CCC(C)(C)C)c(Cl)c1. The second-order valence-corrected chi connectivity index (χ2v) is 14.2. The zero-order valence-electron chi connectivity index (χ0n) is 24.9. The summed E-state index contributed by atoms with van der Waals surface area (Å²) in [5, 5.41) is 10.7. The lowest BCUT2D eigenvalue weighted by Crippen LogP contribution is -2.50. The Kier molecular flexibility index (Phi) is 8.86. The first-order chi connectivity index (χ1) is 17.8. The molecule has 2 unspecified atom stereocenters. The van der Waals surface area contributed by atoms with E-state index in [1.165, 1.54) is 4.90 Å². The van der Waals surface area contributed by atoms with Gasteiger partial charge in [0, 0.05) is 36.1 Å². The number of carbonyl (C=O) groups excluding carboxylic acids is 2. The number of carbonyl (C=O) groups is 3. The summed E-state index contributed by atoms with van der Waals surface area (Å²) < 4.78 is 5.48. The zero-order valence-corrected chi connectivity index (χ0v) is 25.7. The Morgan fingerprint density at radius 3 is 2.31 bits per heavy atom. The maximum Gasteiger partial charge on any atom is 0.410 e. The molecule has 0 radical (unpaired) electrons. The first kappa shape index (κ1) is 31.0. The van der Waals surface area contributed by atoms with Crippen LogP contribution in [0.15, 0.2) is 30.0 Å². The van der Waals surface area contributed by atoms with Gasteiger partial charge >= 0.3 is 12.1 Å². The van der Waals surface area contributed by atoms with E-state index < -0.39 is 35.0 Å². The number of aryl methyl sites for hydroxylation is 1. The van der Waals surface area contributed by atoms with Crippen molar-refractivity contribution in [2.45, 2.75) is 98.6 Å². The molecule has 3 atom stereocenters. The highest BCUT2D eigenvalue weighted by Crippen LogP contribution is 2.45. The normalized spacial score (nSPS) is 24.3. The van der Waals surface area contributed by atoms with E-state index in [1.54, 1.807) is 25.7 Å². The predicted octanol–water partition coefficient (Wildman–Crippen LogP) is 6.67. The molecule has 0 spiro atoms. The van der Waals surface area contributed by atoms with Gasteiger partial charge in [0.25, 0.3) is 0 Å². The van der Waals surface area contributed by atoms with Crippen LogP contribution in [0.5, 0.6) is 0 Å². The molecule has 1 N–H and O–H groups in total. The summed E-state index contributed by atoms with van der Waals surface area (Å²) in [6, 6.07) is 5.45. The number of nitrogens with zero attached hydrogens (tertiary/aromatic N) is 2. The van der Waals surface area contributed by atoms with Crippen molar-refractivity contribution in [1.29, 1.82) is 0 Å². The van der Waals surface area contributed by atoms with E-state index in [2.05, 4.69) is 53.7 Å². The first-order valence-electron chi connectivity index (χ1n) is 13.9. The lowest BCUT2D eigenvalue weighted by Gasteiger charge is -2.43. The fraction of sp³-hybridized carbons (Fsp3) is 0.645. The molecule has 216 valence electrons. The number of hydrogen-bond acceptors (Lipinski definition) is 4. The van der Waals surface area contributed by atoms with Crippen molar-refractivity contribution in [3.63, 3.8) is 0 Å². The van der Waals surface area contributed by atoms with Crippen LogP contribution < -0.4 is 0 Å². The van der Waals surface area contributed by atoms with Gasteiger partial charge in [0.2, 0.25) is 5.91 Å². The lowest BCUT2D eigenvalue weighted by atomic mass is 9.68. The molecule has 3 rings (SSSR count). The quantitative estimate of drug-likeness (QED) is 0.420. The average molecular weight is 561 g/mol. The second kappa shape index (κ2) is 11.1. The van der Waals surface area contributed by atoms with Crippen molar-refractivity contribution in [1.82, 2.24) is 9.80 Å². The molecular formula is C31H45ClN2O5. The monoisotopic (exact) mass is 560 g/mol. The van der Waals surface area contributed by atoms with Crippen LogP contribution in [0.2, 0.25) is 5.02 Å². The molecule has 1 fully saturated rings. The van der Waals surface area contributed by atoms with Gasteiger partial charge in [-0.2, -0.15) is 0 Å². The lowest BCUT2D eigenvalue weighted by molar-refractivity contribution is -0.144. The number of hydrogen-bond donors (Lipinski definition) is 1. The molecule has 2 heterocycles. The van der Waals surface area contributed by atoms with Gasteiger partial charge in [0.1, 0.15) is 5.60 Å². The number of allylic oxidation sites excluding steroid dienone is 1. The maximum absolute atomic E-state index is 13.7. The minimum absolute atomic E-state index is 0.00749. The third kappa shape index (κ3) is 7.16. The molecule has 0 bridgehead atoms. The van der Waals surface area contributed by atoms with E-state index in [1.807, 2.05) is 12.3 Å². The average Bonchev–Trinajstić information content (AvgIpc) is 3.22. The Labute approximate surface area is 238 Å². The van der Waals surface area contributed by atoms with Crippen LogP contribution in [-0.4, -0.2) is 57.6 Å². The zero-order chi connectivity index (χ0) is 29.5. The molecule has 1 aromatic carbocycles. The van der Waals surface area contributed by atoms with E-state index >= 15 is 0 Å². The van der Waals surface area contributed by atoms with Crippen LogP contribution in [0.1, 0.15) is 86.3 Å². The molecule has 8 heteroatoms. The first-order valence-corrected chi connectivity index (χ1v) is 14.2. The molecule has 1 aromatic rings. The summed E-state index contributed by atoms with van der Waals surface area (Å²) in [7, 11) is 0. The number of halogens is 1. The standard InChI is InChI=1S/C31H45ClN2O5/c1-19(2)23-17-34(25-18-33(16-22(25)27(36)37)28(38)39-30(6,7)8)26(35)15-31(23,9)21-11-10-20(24(32)14-21)12-13-29(3,4)5/h10-11,14,17,19,22,25H,12-13,15-16,18H2,1-9H3,(H,36,37)/t22?,25?,31-/m0/s1. The fourth-order valence-corrected chi connectivity index (χ4v) is 5.86. The molecule has 39 heavy (non-hydrogen) atoms. The third-order valence-electron chi connectivity index (χ3n) is 7.78. The van der Waals surface area contributed by atoms with Gasteiger partial charge in [0.15, 0.2) is 0 Å². The summed E-state index contributed by atoms with van der Waals surface area (Å²) in [5.41, 5.74) is 2.00. The summed E-state index contributed by atoms with van der Waals surface area (Å²) in [5.74, 6) is -2.02. The highest BCUT2D eigenvalue weighted by molar-refractivity contribution is 6.31. The summed E-state index contributed by atoms with van der Waals surface area (Å²) in [6.07, 6.45) is 3.34. The van der Waals surface area contributed by atoms with E-state index in [0.29, 0.717) is 5.02 Å². The highest BCUT2D eigenvalue weighted by atomic mass is 35.5. The van der Waals surface area contributed by atoms with E-state index in [-0.39, 0.29) is 36.8 Å². The fourth-order valence-electron chi connectivity index (χ4n) is 5.59. The van der Waals surface area contributed by atoms with Gasteiger partial charge in [0.05, 0.1) is 12.0 Å². The number of carboxylic acids is 1. The Bertz CT molecular complexity index is 1150. The Morgan fingerprint density at radius 2 is 1.79 bits per heavy atom. The molecule has 0 aromatic heterocycles. The van der Waals surface area contributed by atoms with Crippen LogP contribution in [0.25, 0.3) is 0 Å². The predicted molar refractivity (Wildman–Crippen MR) is 154 cm³/mol. The van der Waals surface area contributed by atoms with Crippen LogP contribution in [0.4, 0.5) is 4.79 Å². The van der Waals surface area contributed by atoms with Crippen molar-refractivity contribution >= 4 is 29.6 Å². The highest BCUT2D eigenvalue weighted by Gasteiger charge is 2.49. The van der Waals surface area contributed by atoms with Crippen molar-refractivity contribution in [3.05, 3.63) is 46.1 Å². The molecule has 2 amide bonds. The number of rotatable bonds is 6. The summed E-state index contributed by atoms with van der Waals surface area (Å²) >= 11 is 6.75. The summed E-state index contributed by atoms with van der Waals surface area (Å²) in [4.78, 5) is 41.6. The molecule has 0 saturated carbocycles. The maximum atomic E-state index is 13.7. The molecule has 1 saturated heterocycles. The Hall–Kier alpha value is -2.54. The minimum Gasteiger partial charge on any atom is -0.481 e. The number of aliphatic carboxylic acids is 1. The summed E-state index contributed by atoms with van der Waals surface area (Å²) in [6.45, 7) is 18.2. The van der Waals surface area contributed by atoms with Crippen LogP contribution in [0, 0.1) is 17.3 Å². The van der Waals surface area contributed by atoms with E-state index in [0.717, 1.165) is 29.5 Å². The van der Waals surface area contributed by atoms with Gasteiger partial charge in [-0.05, 0) is 67.7 Å². The van der Waals surface area contributed by atoms with Gasteiger partial charge in [-0.25, -0.2) is 4.79 Å². The molecular weight excluding hydrogens is 516 g/mol. The second-order valence-electron chi connectivity index (χ2n) is 13.8.